The minimum absolute atomic E-state index is 0.0151. The number of carbonyl (C=O) groups is 2. The van der Waals surface area contributed by atoms with Crippen LogP contribution >= 0.6 is 23.2 Å². The van der Waals surface area contributed by atoms with Gasteiger partial charge in [-0.15, -0.1) is 0 Å². The number of hydrogen-bond donors (Lipinski definition) is 1. The average molecular weight is 367 g/mol. The summed E-state index contributed by atoms with van der Waals surface area (Å²) in [6.07, 6.45) is 0. The molecule has 0 saturated heterocycles. The topological polar surface area (TPSA) is 58.6 Å². The van der Waals surface area contributed by atoms with E-state index in [9.17, 15) is 9.59 Å². The molecule has 0 aliphatic heterocycles. The molecular formula is C17H16Cl2N2O3. The first-order valence-corrected chi connectivity index (χ1v) is 7.87. The number of amides is 1. The van der Waals surface area contributed by atoms with Crippen molar-refractivity contribution in [3.63, 3.8) is 0 Å². The Morgan fingerprint density at radius 1 is 1.00 bits per heavy atom. The molecule has 7 heteroatoms. The minimum Gasteiger partial charge on any atom is -0.468 e. The molecule has 0 radical (unpaired) electrons. The summed E-state index contributed by atoms with van der Waals surface area (Å²) in [6, 6.07) is 13.6. The zero-order valence-corrected chi connectivity index (χ0v) is 14.5. The molecule has 0 saturated carbocycles. The largest absolute Gasteiger partial charge is 0.468 e. The SMILES string of the molecule is COC(=O)CN(C(=O)CNc1ccc(Cl)cc1)c1ccc(Cl)cc1. The lowest BCUT2D eigenvalue weighted by Gasteiger charge is -2.22. The van der Waals surface area contributed by atoms with Crippen molar-refractivity contribution in [2.75, 3.05) is 30.4 Å². The standard InChI is InChI=1S/C17H16Cl2N2O3/c1-24-17(23)11-21(15-8-4-13(19)5-9-15)16(22)10-20-14-6-2-12(18)3-7-14/h2-9,20H,10-11H2,1H3. The number of ether oxygens (including phenoxy) is 1. The Bertz CT molecular complexity index is 703. The maximum Gasteiger partial charge on any atom is 0.325 e. The highest BCUT2D eigenvalue weighted by atomic mass is 35.5. The predicted molar refractivity (Wildman–Crippen MR) is 95.8 cm³/mol. The molecule has 0 bridgehead atoms. The highest BCUT2D eigenvalue weighted by Gasteiger charge is 2.19. The van der Waals surface area contributed by atoms with E-state index in [1.807, 2.05) is 0 Å². The Morgan fingerprint density at radius 3 is 2.08 bits per heavy atom. The van der Waals surface area contributed by atoms with Crippen molar-refractivity contribution in [1.29, 1.82) is 0 Å². The Hall–Kier alpha value is -2.24. The minimum atomic E-state index is -0.509. The van der Waals surface area contributed by atoms with E-state index in [1.165, 1.54) is 12.0 Å². The van der Waals surface area contributed by atoms with Crippen molar-refractivity contribution in [3.05, 3.63) is 58.6 Å². The number of halogens is 2. The number of esters is 1. The molecule has 5 nitrogen and oxygen atoms in total. The number of nitrogens with one attached hydrogen (secondary N) is 1. The molecule has 0 heterocycles. The van der Waals surface area contributed by atoms with Gasteiger partial charge in [-0.05, 0) is 48.5 Å². The average Bonchev–Trinajstić information content (AvgIpc) is 2.59. The van der Waals surface area contributed by atoms with Crippen LogP contribution in [0.4, 0.5) is 11.4 Å². The van der Waals surface area contributed by atoms with Gasteiger partial charge in [0, 0.05) is 21.4 Å². The van der Waals surface area contributed by atoms with Crippen molar-refractivity contribution < 1.29 is 14.3 Å². The third-order valence-corrected chi connectivity index (χ3v) is 3.75. The summed E-state index contributed by atoms with van der Waals surface area (Å²) in [7, 11) is 1.28. The van der Waals surface area contributed by atoms with Crippen molar-refractivity contribution in [3.8, 4) is 0 Å². The lowest BCUT2D eigenvalue weighted by atomic mass is 10.2. The molecule has 0 spiro atoms. The first-order chi connectivity index (χ1) is 11.5. The second-order valence-corrected chi connectivity index (χ2v) is 5.77. The lowest BCUT2D eigenvalue weighted by molar-refractivity contribution is -0.139. The highest BCUT2D eigenvalue weighted by Crippen LogP contribution is 2.19. The summed E-state index contributed by atoms with van der Waals surface area (Å²) in [5.74, 6) is -0.789. The van der Waals surface area contributed by atoms with Gasteiger partial charge in [-0.1, -0.05) is 23.2 Å². The number of hydrogen-bond acceptors (Lipinski definition) is 4. The number of methoxy groups -OCH3 is 1. The van der Waals surface area contributed by atoms with Crippen LogP contribution < -0.4 is 10.2 Å². The van der Waals surface area contributed by atoms with Crippen molar-refractivity contribution >= 4 is 46.5 Å². The second kappa shape index (κ2) is 8.57. The van der Waals surface area contributed by atoms with Crippen LogP contribution in [0.15, 0.2) is 48.5 Å². The summed E-state index contributed by atoms with van der Waals surface area (Å²) < 4.78 is 4.66. The van der Waals surface area contributed by atoms with Gasteiger partial charge in [0.15, 0.2) is 0 Å². The van der Waals surface area contributed by atoms with E-state index < -0.39 is 5.97 Å². The first-order valence-electron chi connectivity index (χ1n) is 7.12. The number of anilines is 2. The quantitative estimate of drug-likeness (QED) is 0.793. The number of rotatable bonds is 6. The van der Waals surface area contributed by atoms with Crippen molar-refractivity contribution in [1.82, 2.24) is 0 Å². The van der Waals surface area contributed by atoms with Crippen LogP contribution in [0, 0.1) is 0 Å². The van der Waals surface area contributed by atoms with Crippen LogP contribution in [0.5, 0.6) is 0 Å². The Morgan fingerprint density at radius 2 is 1.54 bits per heavy atom. The zero-order valence-electron chi connectivity index (χ0n) is 13.0. The fourth-order valence-corrected chi connectivity index (χ4v) is 2.23. The van der Waals surface area contributed by atoms with E-state index in [-0.39, 0.29) is 19.0 Å². The van der Waals surface area contributed by atoms with Gasteiger partial charge in [-0.3, -0.25) is 14.5 Å². The normalized spacial score (nSPS) is 10.1. The smallest absolute Gasteiger partial charge is 0.325 e. The van der Waals surface area contributed by atoms with Gasteiger partial charge in [0.2, 0.25) is 5.91 Å². The fourth-order valence-electron chi connectivity index (χ4n) is 1.98. The van der Waals surface area contributed by atoms with Crippen molar-refractivity contribution in [2.45, 2.75) is 0 Å². The molecule has 0 atom stereocenters. The van der Waals surface area contributed by atoms with Crippen LogP contribution in [0.1, 0.15) is 0 Å². The van der Waals surface area contributed by atoms with Crippen LogP contribution in [0.2, 0.25) is 10.0 Å². The summed E-state index contributed by atoms with van der Waals surface area (Å²) in [5.41, 5.74) is 1.31. The number of benzene rings is 2. The fraction of sp³-hybridized carbons (Fsp3) is 0.176. The molecule has 0 aliphatic rings. The van der Waals surface area contributed by atoms with E-state index in [2.05, 4.69) is 10.1 Å². The molecule has 1 N–H and O–H groups in total. The Balaban J connectivity index is 2.10. The van der Waals surface area contributed by atoms with Crippen LogP contribution in [0.25, 0.3) is 0 Å². The van der Waals surface area contributed by atoms with E-state index in [1.54, 1.807) is 48.5 Å². The molecule has 2 aromatic carbocycles. The van der Waals surface area contributed by atoms with E-state index >= 15 is 0 Å². The maximum atomic E-state index is 12.5. The van der Waals surface area contributed by atoms with Gasteiger partial charge in [-0.2, -0.15) is 0 Å². The van der Waals surface area contributed by atoms with Crippen LogP contribution in [-0.2, 0) is 14.3 Å². The van der Waals surface area contributed by atoms with Crippen LogP contribution in [-0.4, -0.2) is 32.1 Å². The summed E-state index contributed by atoms with van der Waals surface area (Å²) in [4.78, 5) is 25.5. The molecule has 1 amide bonds. The number of carbonyl (C=O) groups excluding carboxylic acids is 2. The molecular weight excluding hydrogens is 351 g/mol. The van der Waals surface area contributed by atoms with Gasteiger partial charge in [0.25, 0.3) is 0 Å². The molecule has 2 aromatic rings. The Kier molecular flexibility index (Phi) is 6.46. The second-order valence-electron chi connectivity index (χ2n) is 4.89. The monoisotopic (exact) mass is 366 g/mol. The zero-order chi connectivity index (χ0) is 17.5. The van der Waals surface area contributed by atoms with Gasteiger partial charge in [0.1, 0.15) is 6.54 Å². The lowest BCUT2D eigenvalue weighted by Crippen LogP contribution is -2.39. The molecule has 0 aliphatic carbocycles. The summed E-state index contributed by atoms with van der Waals surface area (Å²) in [6.45, 7) is -0.166. The van der Waals surface area contributed by atoms with Gasteiger partial charge in [-0.25, -0.2) is 0 Å². The van der Waals surface area contributed by atoms with Gasteiger partial charge < -0.3 is 10.1 Å². The van der Waals surface area contributed by atoms with Crippen LogP contribution in [0.3, 0.4) is 0 Å². The maximum absolute atomic E-state index is 12.5. The number of nitrogens with zero attached hydrogens (tertiary/aromatic N) is 1. The summed E-state index contributed by atoms with van der Waals surface area (Å²) in [5, 5.41) is 4.15. The molecule has 2 rings (SSSR count). The third kappa shape index (κ3) is 5.15. The molecule has 0 fully saturated rings. The predicted octanol–water partition coefficient (Wildman–Crippen LogP) is 3.61. The van der Waals surface area contributed by atoms with Crippen molar-refractivity contribution in [2.24, 2.45) is 0 Å². The molecule has 0 aromatic heterocycles. The first kappa shape index (κ1) is 18.1. The highest BCUT2D eigenvalue weighted by molar-refractivity contribution is 6.31. The van der Waals surface area contributed by atoms with Gasteiger partial charge >= 0.3 is 5.97 Å². The molecule has 126 valence electrons. The Labute approximate surface area is 150 Å². The molecule has 0 unspecified atom stereocenters. The van der Waals surface area contributed by atoms with E-state index in [4.69, 9.17) is 23.2 Å². The van der Waals surface area contributed by atoms with Gasteiger partial charge in [0.05, 0.1) is 13.7 Å². The summed E-state index contributed by atoms with van der Waals surface area (Å²) >= 11 is 11.7. The van der Waals surface area contributed by atoms with E-state index in [0.29, 0.717) is 15.7 Å². The van der Waals surface area contributed by atoms with E-state index in [0.717, 1.165) is 5.69 Å². The molecule has 24 heavy (non-hydrogen) atoms. The third-order valence-electron chi connectivity index (χ3n) is 3.24.